The van der Waals surface area contributed by atoms with Gasteiger partial charge in [0.15, 0.2) is 5.70 Å². The van der Waals surface area contributed by atoms with Gasteiger partial charge in [0.1, 0.15) is 0 Å². The van der Waals surface area contributed by atoms with E-state index < -0.39 is 5.97 Å². The van der Waals surface area contributed by atoms with E-state index in [1.165, 1.54) is 0 Å². The van der Waals surface area contributed by atoms with Crippen LogP contribution in [0.5, 0.6) is 0 Å². The highest BCUT2D eigenvalue weighted by molar-refractivity contribution is 9.10. The average Bonchev–Trinajstić information content (AvgIpc) is 2.83. The predicted molar refractivity (Wildman–Crippen MR) is 86.2 cm³/mol. The number of aliphatic imine (C=N–C) groups is 1. The van der Waals surface area contributed by atoms with Crippen LogP contribution in [0.15, 0.2) is 63.7 Å². The van der Waals surface area contributed by atoms with Gasteiger partial charge in [-0.1, -0.05) is 51.8 Å². The number of benzene rings is 2. The maximum Gasteiger partial charge on any atom is 0.363 e. The Bertz CT molecular complexity index is 783. The van der Waals surface area contributed by atoms with Crippen LogP contribution in [0.25, 0.3) is 6.08 Å². The Labute approximate surface area is 135 Å². The topological polar surface area (TPSA) is 38.7 Å². The monoisotopic (exact) mass is 361 g/mol. The molecule has 0 N–H and O–H groups in total. The molecule has 0 aromatic heterocycles. The van der Waals surface area contributed by atoms with E-state index >= 15 is 0 Å². The van der Waals surface area contributed by atoms with Crippen LogP contribution in [0.2, 0.25) is 5.02 Å². The van der Waals surface area contributed by atoms with E-state index in [0.717, 1.165) is 10.0 Å². The third-order valence-electron chi connectivity index (χ3n) is 2.89. The fourth-order valence-corrected chi connectivity index (χ4v) is 2.48. The molecule has 1 aliphatic rings. The minimum Gasteiger partial charge on any atom is -0.402 e. The Hall–Kier alpha value is -1.91. The molecule has 5 heteroatoms. The van der Waals surface area contributed by atoms with Crippen molar-refractivity contribution in [3.8, 4) is 0 Å². The molecule has 0 bridgehead atoms. The largest absolute Gasteiger partial charge is 0.402 e. The lowest BCUT2D eigenvalue weighted by atomic mass is 10.2. The number of hydrogen-bond acceptors (Lipinski definition) is 3. The van der Waals surface area contributed by atoms with Gasteiger partial charge in [0.05, 0.1) is 0 Å². The maximum absolute atomic E-state index is 11.9. The van der Waals surface area contributed by atoms with Gasteiger partial charge in [-0.05, 0) is 35.9 Å². The lowest BCUT2D eigenvalue weighted by molar-refractivity contribution is -0.129. The molecule has 0 atom stereocenters. The Kier molecular flexibility index (Phi) is 3.90. The van der Waals surface area contributed by atoms with E-state index in [0.29, 0.717) is 10.6 Å². The summed E-state index contributed by atoms with van der Waals surface area (Å²) >= 11 is 9.36. The molecule has 0 aliphatic carbocycles. The van der Waals surface area contributed by atoms with Gasteiger partial charge in [-0.3, -0.25) is 0 Å². The number of ether oxygens (including phenoxy) is 1. The Morgan fingerprint density at radius 1 is 1.14 bits per heavy atom. The molecule has 1 aliphatic heterocycles. The van der Waals surface area contributed by atoms with E-state index in [1.807, 2.05) is 24.3 Å². The average molecular weight is 363 g/mol. The summed E-state index contributed by atoms with van der Waals surface area (Å²) in [5.74, 6) is -0.207. The Morgan fingerprint density at radius 3 is 2.71 bits per heavy atom. The van der Waals surface area contributed by atoms with Crippen LogP contribution in [0.3, 0.4) is 0 Å². The van der Waals surface area contributed by atoms with Crippen LogP contribution in [0.4, 0.5) is 0 Å². The summed E-state index contributed by atoms with van der Waals surface area (Å²) in [4.78, 5) is 16.1. The summed E-state index contributed by atoms with van der Waals surface area (Å²) in [5, 5.41) is 0.564. The second-order valence-electron chi connectivity index (χ2n) is 4.37. The highest BCUT2D eigenvalue weighted by Crippen LogP contribution is 2.24. The number of hydrogen-bond donors (Lipinski definition) is 0. The van der Waals surface area contributed by atoms with Gasteiger partial charge in [0.25, 0.3) is 0 Å². The van der Waals surface area contributed by atoms with Crippen LogP contribution >= 0.6 is 27.5 Å². The zero-order valence-corrected chi connectivity index (χ0v) is 13.1. The van der Waals surface area contributed by atoms with Crippen molar-refractivity contribution in [2.45, 2.75) is 0 Å². The number of cyclic esters (lactones) is 1. The molecule has 0 spiro atoms. The summed E-state index contributed by atoms with van der Waals surface area (Å²) in [5.41, 5.74) is 1.80. The van der Waals surface area contributed by atoms with Gasteiger partial charge >= 0.3 is 5.97 Å². The van der Waals surface area contributed by atoms with Gasteiger partial charge in [-0.15, -0.1) is 0 Å². The van der Waals surface area contributed by atoms with E-state index in [-0.39, 0.29) is 11.6 Å². The predicted octanol–water partition coefficient (Wildman–Crippen LogP) is 4.45. The van der Waals surface area contributed by atoms with Gasteiger partial charge < -0.3 is 4.74 Å². The van der Waals surface area contributed by atoms with Crippen LogP contribution < -0.4 is 0 Å². The molecule has 1 heterocycles. The first-order chi connectivity index (χ1) is 10.1. The summed E-state index contributed by atoms with van der Waals surface area (Å²) in [7, 11) is 0. The van der Waals surface area contributed by atoms with Crippen LogP contribution in [-0.4, -0.2) is 11.9 Å². The molecule has 104 valence electrons. The van der Waals surface area contributed by atoms with E-state index in [1.54, 1.807) is 30.3 Å². The molecular formula is C16H9BrClNO2. The highest BCUT2D eigenvalue weighted by Gasteiger charge is 2.24. The van der Waals surface area contributed by atoms with Crippen molar-refractivity contribution in [3.63, 3.8) is 0 Å². The summed E-state index contributed by atoms with van der Waals surface area (Å²) in [6, 6.07) is 14.6. The van der Waals surface area contributed by atoms with Crippen LogP contribution in [0.1, 0.15) is 11.1 Å². The zero-order valence-electron chi connectivity index (χ0n) is 10.7. The van der Waals surface area contributed by atoms with Gasteiger partial charge in [-0.25, -0.2) is 9.79 Å². The van der Waals surface area contributed by atoms with Gasteiger partial charge in [-0.2, -0.15) is 0 Å². The molecule has 2 aromatic rings. The van der Waals surface area contributed by atoms with E-state index in [2.05, 4.69) is 20.9 Å². The van der Waals surface area contributed by atoms with E-state index in [9.17, 15) is 4.79 Å². The van der Waals surface area contributed by atoms with Crippen molar-refractivity contribution < 1.29 is 9.53 Å². The van der Waals surface area contributed by atoms with Crippen LogP contribution in [-0.2, 0) is 9.53 Å². The third-order valence-corrected chi connectivity index (χ3v) is 3.85. The third kappa shape index (κ3) is 3.06. The molecule has 0 unspecified atom stereocenters. The lowest BCUT2D eigenvalue weighted by Crippen LogP contribution is -2.05. The van der Waals surface area contributed by atoms with Crippen molar-refractivity contribution in [3.05, 3.63) is 74.9 Å². The first-order valence-electron chi connectivity index (χ1n) is 6.16. The zero-order chi connectivity index (χ0) is 14.8. The smallest absolute Gasteiger partial charge is 0.363 e. The minimum atomic E-state index is -0.472. The number of rotatable bonds is 2. The fourth-order valence-electron chi connectivity index (χ4n) is 1.89. The summed E-state index contributed by atoms with van der Waals surface area (Å²) in [6.07, 6.45) is 1.68. The van der Waals surface area contributed by atoms with Gasteiger partial charge in [0.2, 0.25) is 5.90 Å². The SMILES string of the molecule is O=C1OC(c2cccc(Cl)c2)=N/C1=C\c1ccccc1Br. The molecule has 3 rings (SSSR count). The lowest BCUT2D eigenvalue weighted by Gasteiger charge is -1.99. The van der Waals surface area contributed by atoms with Crippen molar-refractivity contribution in [1.82, 2.24) is 0 Å². The second kappa shape index (κ2) is 5.84. The molecule has 3 nitrogen and oxygen atoms in total. The molecule has 0 fully saturated rings. The number of halogens is 2. The summed E-state index contributed by atoms with van der Waals surface area (Å²) in [6.45, 7) is 0. The molecule has 21 heavy (non-hydrogen) atoms. The Balaban J connectivity index is 1.98. The highest BCUT2D eigenvalue weighted by atomic mass is 79.9. The minimum absolute atomic E-state index is 0.261. The number of nitrogens with zero attached hydrogens (tertiary/aromatic N) is 1. The normalized spacial score (nSPS) is 16.0. The van der Waals surface area contributed by atoms with E-state index in [4.69, 9.17) is 16.3 Å². The molecule has 0 saturated heterocycles. The first kappa shape index (κ1) is 14.0. The quantitative estimate of drug-likeness (QED) is 0.585. The molecule has 0 radical (unpaired) electrons. The number of esters is 1. The molecule has 0 saturated carbocycles. The van der Waals surface area contributed by atoms with Gasteiger partial charge in [0, 0.05) is 15.1 Å². The summed E-state index contributed by atoms with van der Waals surface area (Å²) < 4.78 is 6.08. The number of carbonyl (C=O) groups is 1. The molecule has 0 amide bonds. The molecule has 2 aromatic carbocycles. The first-order valence-corrected chi connectivity index (χ1v) is 7.33. The molecular weight excluding hydrogens is 354 g/mol. The van der Waals surface area contributed by atoms with Crippen molar-refractivity contribution >= 4 is 45.5 Å². The maximum atomic E-state index is 11.9. The second-order valence-corrected chi connectivity index (χ2v) is 5.66. The van der Waals surface area contributed by atoms with Crippen molar-refractivity contribution in [2.24, 2.45) is 4.99 Å². The Morgan fingerprint density at radius 2 is 1.95 bits per heavy atom. The number of carbonyl (C=O) groups excluding carboxylic acids is 1. The van der Waals surface area contributed by atoms with Crippen LogP contribution in [0, 0.1) is 0 Å². The van der Waals surface area contributed by atoms with Crippen molar-refractivity contribution in [2.75, 3.05) is 0 Å². The standard InChI is InChI=1S/C16H9BrClNO2/c17-13-7-2-1-4-10(13)9-14-16(20)21-15(19-14)11-5-3-6-12(18)8-11/h1-9H/b14-9-. The fraction of sp³-hybridized carbons (Fsp3) is 0. The van der Waals surface area contributed by atoms with Crippen molar-refractivity contribution in [1.29, 1.82) is 0 Å².